The Labute approximate surface area is 133 Å². The zero-order chi connectivity index (χ0) is 15.5. The summed E-state index contributed by atoms with van der Waals surface area (Å²) in [6.07, 6.45) is 6.41. The normalized spacial score (nSPS) is 21.7. The van der Waals surface area contributed by atoms with Crippen molar-refractivity contribution in [3.05, 3.63) is 29.3 Å². The van der Waals surface area contributed by atoms with Crippen LogP contribution in [0.5, 0.6) is 5.75 Å². The van der Waals surface area contributed by atoms with Crippen molar-refractivity contribution in [3.63, 3.8) is 0 Å². The fourth-order valence-corrected chi connectivity index (χ4v) is 4.15. The SMILES string of the molecule is CCCC(=O)N1CCC(C2CCc3ccc(OC)cc32)CC1. The van der Waals surface area contributed by atoms with Crippen LogP contribution >= 0.6 is 0 Å². The third-order valence-electron chi connectivity index (χ3n) is 5.40. The van der Waals surface area contributed by atoms with Gasteiger partial charge in [0.05, 0.1) is 7.11 Å². The van der Waals surface area contributed by atoms with Crippen LogP contribution in [0.2, 0.25) is 0 Å². The van der Waals surface area contributed by atoms with Gasteiger partial charge in [-0.1, -0.05) is 13.0 Å². The lowest BCUT2D eigenvalue weighted by Gasteiger charge is -2.35. The second-order valence-electron chi connectivity index (χ2n) is 6.68. The van der Waals surface area contributed by atoms with Gasteiger partial charge in [0, 0.05) is 19.5 Å². The molecule has 1 aromatic carbocycles. The number of hydrogen-bond acceptors (Lipinski definition) is 2. The number of aryl methyl sites for hydroxylation is 1. The molecular weight excluding hydrogens is 274 g/mol. The van der Waals surface area contributed by atoms with Gasteiger partial charge in [-0.25, -0.2) is 0 Å². The summed E-state index contributed by atoms with van der Waals surface area (Å²) in [5, 5.41) is 0. The van der Waals surface area contributed by atoms with E-state index in [1.807, 2.05) is 0 Å². The van der Waals surface area contributed by atoms with E-state index >= 15 is 0 Å². The fraction of sp³-hybridized carbons (Fsp3) is 0.632. The maximum atomic E-state index is 12.0. The largest absolute Gasteiger partial charge is 0.497 e. The van der Waals surface area contributed by atoms with E-state index in [-0.39, 0.29) is 0 Å². The topological polar surface area (TPSA) is 29.5 Å². The van der Waals surface area contributed by atoms with Crippen molar-refractivity contribution < 1.29 is 9.53 Å². The van der Waals surface area contributed by atoms with Gasteiger partial charge < -0.3 is 9.64 Å². The molecule has 3 rings (SSSR count). The van der Waals surface area contributed by atoms with E-state index in [9.17, 15) is 4.79 Å². The highest BCUT2D eigenvalue weighted by Gasteiger charge is 2.33. The van der Waals surface area contributed by atoms with E-state index in [2.05, 4.69) is 30.0 Å². The molecule has 0 spiro atoms. The number of methoxy groups -OCH3 is 1. The molecule has 0 radical (unpaired) electrons. The van der Waals surface area contributed by atoms with Crippen LogP contribution in [-0.4, -0.2) is 31.0 Å². The second kappa shape index (κ2) is 6.72. The Balaban J connectivity index is 1.65. The molecule has 0 saturated carbocycles. The van der Waals surface area contributed by atoms with E-state index in [1.165, 1.54) is 24.0 Å². The number of rotatable bonds is 4. The van der Waals surface area contributed by atoms with Gasteiger partial charge in [0.15, 0.2) is 0 Å². The molecule has 1 fully saturated rings. The summed E-state index contributed by atoms with van der Waals surface area (Å²) in [6, 6.07) is 6.54. The smallest absolute Gasteiger partial charge is 0.222 e. The van der Waals surface area contributed by atoms with Crippen LogP contribution < -0.4 is 4.74 Å². The summed E-state index contributed by atoms with van der Waals surface area (Å²) in [5.74, 6) is 2.70. The van der Waals surface area contributed by atoms with Gasteiger partial charge in [-0.05, 0) is 67.2 Å². The van der Waals surface area contributed by atoms with Gasteiger partial charge in [-0.3, -0.25) is 4.79 Å². The summed E-state index contributed by atoms with van der Waals surface area (Å²) >= 11 is 0. The minimum atomic E-state index is 0.342. The molecule has 22 heavy (non-hydrogen) atoms. The number of carbonyl (C=O) groups excluding carboxylic acids is 1. The van der Waals surface area contributed by atoms with Crippen molar-refractivity contribution in [3.8, 4) is 5.75 Å². The van der Waals surface area contributed by atoms with Gasteiger partial charge in [0.2, 0.25) is 5.91 Å². The van der Waals surface area contributed by atoms with Crippen LogP contribution in [0.4, 0.5) is 0 Å². The highest BCUT2D eigenvalue weighted by Crippen LogP contribution is 2.43. The monoisotopic (exact) mass is 301 g/mol. The predicted octanol–water partition coefficient (Wildman–Crippen LogP) is 3.76. The van der Waals surface area contributed by atoms with Crippen molar-refractivity contribution in [2.24, 2.45) is 5.92 Å². The van der Waals surface area contributed by atoms with Crippen LogP contribution in [0, 0.1) is 5.92 Å². The lowest BCUT2D eigenvalue weighted by atomic mass is 9.81. The predicted molar refractivity (Wildman–Crippen MR) is 88.3 cm³/mol. The first-order chi connectivity index (χ1) is 10.7. The van der Waals surface area contributed by atoms with Gasteiger partial charge in [0.1, 0.15) is 5.75 Å². The van der Waals surface area contributed by atoms with Crippen molar-refractivity contribution in [1.82, 2.24) is 4.90 Å². The van der Waals surface area contributed by atoms with Crippen molar-refractivity contribution >= 4 is 5.91 Å². The van der Waals surface area contributed by atoms with E-state index in [1.54, 1.807) is 7.11 Å². The quantitative estimate of drug-likeness (QED) is 0.847. The molecule has 1 aliphatic carbocycles. The summed E-state index contributed by atoms with van der Waals surface area (Å²) < 4.78 is 5.40. The number of benzene rings is 1. The molecule has 1 amide bonds. The molecule has 3 nitrogen and oxygen atoms in total. The summed E-state index contributed by atoms with van der Waals surface area (Å²) in [6.45, 7) is 3.96. The highest BCUT2D eigenvalue weighted by molar-refractivity contribution is 5.76. The number of hydrogen-bond donors (Lipinski definition) is 0. The summed E-state index contributed by atoms with van der Waals surface area (Å²) in [5.41, 5.74) is 2.99. The minimum absolute atomic E-state index is 0.342. The number of amides is 1. The first-order valence-corrected chi connectivity index (χ1v) is 8.67. The maximum absolute atomic E-state index is 12.0. The Morgan fingerprint density at radius 3 is 2.73 bits per heavy atom. The molecule has 0 aromatic heterocycles. The molecule has 1 saturated heterocycles. The van der Waals surface area contributed by atoms with E-state index < -0.39 is 0 Å². The molecule has 1 heterocycles. The van der Waals surface area contributed by atoms with Crippen molar-refractivity contribution in [2.45, 2.75) is 51.4 Å². The Kier molecular flexibility index (Phi) is 4.70. The summed E-state index contributed by atoms with van der Waals surface area (Å²) in [7, 11) is 1.74. The number of piperidine rings is 1. The van der Waals surface area contributed by atoms with E-state index in [4.69, 9.17) is 4.74 Å². The van der Waals surface area contributed by atoms with Crippen molar-refractivity contribution in [1.29, 1.82) is 0 Å². The van der Waals surface area contributed by atoms with Crippen LogP contribution in [0.3, 0.4) is 0 Å². The standard InChI is InChI=1S/C19H27NO2/c1-3-4-19(21)20-11-9-15(10-12-20)17-8-6-14-5-7-16(22-2)13-18(14)17/h5,7,13,15,17H,3-4,6,8-12H2,1-2H3. The molecule has 120 valence electrons. The Hall–Kier alpha value is -1.51. The Bertz CT molecular complexity index is 532. The van der Waals surface area contributed by atoms with Crippen LogP contribution in [0.25, 0.3) is 0 Å². The third-order valence-corrected chi connectivity index (χ3v) is 5.40. The molecule has 3 heteroatoms. The zero-order valence-corrected chi connectivity index (χ0v) is 13.8. The highest BCUT2D eigenvalue weighted by atomic mass is 16.5. The summed E-state index contributed by atoms with van der Waals surface area (Å²) in [4.78, 5) is 14.1. The first kappa shape index (κ1) is 15.4. The maximum Gasteiger partial charge on any atom is 0.222 e. The lowest BCUT2D eigenvalue weighted by molar-refractivity contribution is -0.132. The lowest BCUT2D eigenvalue weighted by Crippen LogP contribution is -2.39. The average molecular weight is 301 g/mol. The third kappa shape index (κ3) is 2.99. The molecular formula is C19H27NO2. The molecule has 1 atom stereocenters. The number of ether oxygens (including phenoxy) is 1. The number of fused-ring (bicyclic) bond motifs is 1. The molecule has 1 aromatic rings. The van der Waals surface area contributed by atoms with Crippen LogP contribution in [0.1, 0.15) is 56.1 Å². The van der Waals surface area contributed by atoms with Gasteiger partial charge in [-0.15, -0.1) is 0 Å². The molecule has 2 aliphatic rings. The fourth-order valence-electron chi connectivity index (χ4n) is 4.15. The number of nitrogens with zero attached hydrogens (tertiary/aromatic N) is 1. The van der Waals surface area contributed by atoms with Gasteiger partial charge in [-0.2, -0.15) is 0 Å². The van der Waals surface area contributed by atoms with Gasteiger partial charge in [0.25, 0.3) is 0 Å². The molecule has 1 unspecified atom stereocenters. The first-order valence-electron chi connectivity index (χ1n) is 8.67. The molecule has 0 N–H and O–H groups in total. The van der Waals surface area contributed by atoms with Crippen molar-refractivity contribution in [2.75, 3.05) is 20.2 Å². The molecule has 1 aliphatic heterocycles. The average Bonchev–Trinajstić information content (AvgIpc) is 2.98. The second-order valence-corrected chi connectivity index (χ2v) is 6.68. The van der Waals surface area contributed by atoms with Crippen LogP contribution in [0.15, 0.2) is 18.2 Å². The van der Waals surface area contributed by atoms with E-state index in [0.717, 1.165) is 44.0 Å². The number of carbonyl (C=O) groups is 1. The Morgan fingerprint density at radius 2 is 2.05 bits per heavy atom. The minimum Gasteiger partial charge on any atom is -0.497 e. The number of likely N-dealkylation sites (tertiary alicyclic amines) is 1. The zero-order valence-electron chi connectivity index (χ0n) is 13.8. The van der Waals surface area contributed by atoms with E-state index in [0.29, 0.717) is 18.2 Å². The molecule has 0 bridgehead atoms. The van der Waals surface area contributed by atoms with Gasteiger partial charge >= 0.3 is 0 Å². The van der Waals surface area contributed by atoms with Crippen LogP contribution in [-0.2, 0) is 11.2 Å². The Morgan fingerprint density at radius 1 is 1.27 bits per heavy atom.